The van der Waals surface area contributed by atoms with Gasteiger partial charge in [-0.15, -0.1) is 0 Å². The lowest BCUT2D eigenvalue weighted by Gasteiger charge is -2.21. The Morgan fingerprint density at radius 1 is 0.871 bits per heavy atom. The number of rotatable bonds is 5. The van der Waals surface area contributed by atoms with Crippen molar-refractivity contribution in [3.8, 4) is 0 Å². The molecule has 0 radical (unpaired) electrons. The highest BCUT2D eigenvalue weighted by atomic mass is 16.2. The molecule has 3 aromatic carbocycles. The van der Waals surface area contributed by atoms with Gasteiger partial charge in [0.1, 0.15) is 0 Å². The summed E-state index contributed by atoms with van der Waals surface area (Å²) >= 11 is 0. The molecule has 0 saturated heterocycles. The van der Waals surface area contributed by atoms with Gasteiger partial charge in [-0.2, -0.15) is 0 Å². The zero-order chi connectivity index (χ0) is 22.1. The second kappa shape index (κ2) is 8.28. The minimum Gasteiger partial charge on any atom is -0.324 e. The Hall–Kier alpha value is -3.57. The van der Waals surface area contributed by atoms with Gasteiger partial charge in [-0.05, 0) is 38.1 Å². The second-order valence-corrected chi connectivity index (χ2v) is 8.08. The number of ketones is 2. The van der Waals surface area contributed by atoms with Gasteiger partial charge in [0.05, 0.1) is 17.8 Å². The molecule has 3 aromatic rings. The van der Waals surface area contributed by atoms with E-state index in [4.69, 9.17) is 0 Å². The van der Waals surface area contributed by atoms with Crippen molar-refractivity contribution >= 4 is 23.2 Å². The predicted octanol–water partition coefficient (Wildman–Crippen LogP) is 4.15. The first-order chi connectivity index (χ1) is 14.8. The Labute approximate surface area is 181 Å². The molecule has 31 heavy (non-hydrogen) atoms. The Bertz CT molecular complexity index is 1210. The molecular weight excluding hydrogens is 388 g/mol. The number of hydrogen-bond acceptors (Lipinski definition) is 4. The minimum atomic E-state index is -0.246. The van der Waals surface area contributed by atoms with Gasteiger partial charge in [-0.3, -0.25) is 19.3 Å². The molecule has 0 atom stereocenters. The van der Waals surface area contributed by atoms with Crippen molar-refractivity contribution in [1.29, 1.82) is 0 Å². The molecule has 0 heterocycles. The maximum atomic E-state index is 13.1. The molecule has 4 rings (SSSR count). The molecule has 5 nitrogen and oxygen atoms in total. The normalized spacial score (nSPS) is 12.5. The number of anilines is 1. The zero-order valence-corrected chi connectivity index (χ0v) is 17.9. The van der Waals surface area contributed by atoms with E-state index in [1.807, 2.05) is 11.9 Å². The average molecular weight is 412 g/mol. The highest BCUT2D eigenvalue weighted by molar-refractivity contribution is 6.30. The molecule has 0 aliphatic heterocycles. The molecule has 0 unspecified atom stereocenters. The number of hydrogen-bond donors (Lipinski definition) is 1. The van der Waals surface area contributed by atoms with E-state index < -0.39 is 0 Å². The van der Waals surface area contributed by atoms with Crippen LogP contribution >= 0.6 is 0 Å². The first-order valence-corrected chi connectivity index (χ1v) is 10.2. The Balaban J connectivity index is 1.52. The molecule has 5 heteroatoms. The van der Waals surface area contributed by atoms with Crippen LogP contribution in [0.1, 0.15) is 48.5 Å². The van der Waals surface area contributed by atoms with Crippen molar-refractivity contribution in [2.75, 3.05) is 18.9 Å². The molecule has 0 saturated carbocycles. The Kier molecular flexibility index (Phi) is 5.53. The Morgan fingerprint density at radius 2 is 1.55 bits per heavy atom. The van der Waals surface area contributed by atoms with Gasteiger partial charge in [0, 0.05) is 23.2 Å². The molecule has 0 spiro atoms. The van der Waals surface area contributed by atoms with Crippen LogP contribution in [0.15, 0.2) is 60.7 Å². The summed E-state index contributed by atoms with van der Waals surface area (Å²) in [5, 5.41) is 2.84. The van der Waals surface area contributed by atoms with E-state index in [-0.39, 0.29) is 29.6 Å². The molecule has 1 aliphatic rings. The van der Waals surface area contributed by atoms with E-state index >= 15 is 0 Å². The van der Waals surface area contributed by atoms with Crippen molar-refractivity contribution in [2.45, 2.75) is 20.4 Å². The molecule has 156 valence electrons. The summed E-state index contributed by atoms with van der Waals surface area (Å²) in [5.41, 5.74) is 5.28. The highest BCUT2D eigenvalue weighted by Crippen LogP contribution is 2.31. The number of likely N-dealkylation sites (N-methyl/N-ethyl adjacent to an activating group) is 1. The van der Waals surface area contributed by atoms with Gasteiger partial charge in [-0.1, -0.05) is 60.2 Å². The van der Waals surface area contributed by atoms with Crippen LogP contribution in [0.25, 0.3) is 0 Å². The Morgan fingerprint density at radius 3 is 2.26 bits per heavy atom. The van der Waals surface area contributed by atoms with Crippen LogP contribution in [-0.4, -0.2) is 36.0 Å². The maximum Gasteiger partial charge on any atom is 0.238 e. The van der Waals surface area contributed by atoms with Crippen molar-refractivity contribution < 1.29 is 14.4 Å². The zero-order valence-electron chi connectivity index (χ0n) is 17.9. The van der Waals surface area contributed by atoms with E-state index in [0.717, 1.165) is 5.56 Å². The maximum absolute atomic E-state index is 13.1. The number of fused-ring (bicyclic) bond motifs is 2. The van der Waals surface area contributed by atoms with Gasteiger partial charge in [-0.25, -0.2) is 0 Å². The second-order valence-electron chi connectivity index (χ2n) is 8.08. The topological polar surface area (TPSA) is 66.5 Å². The standard InChI is InChI=1S/C26H24N2O3/c1-16-11-12-18(17(2)13-16)14-28(3)15-23(29)27-22-10-6-9-21-24(22)26(31)20-8-5-4-7-19(20)25(21)30/h4-13H,14-15H2,1-3H3,(H,27,29). The third kappa shape index (κ3) is 4.05. The van der Waals surface area contributed by atoms with E-state index in [2.05, 4.69) is 37.4 Å². The molecule has 1 N–H and O–H groups in total. The summed E-state index contributed by atoms with van der Waals surface area (Å²) in [6, 6.07) is 18.0. The van der Waals surface area contributed by atoms with Crippen LogP contribution in [-0.2, 0) is 11.3 Å². The molecule has 0 fully saturated rings. The first-order valence-electron chi connectivity index (χ1n) is 10.2. The van der Waals surface area contributed by atoms with E-state index in [1.165, 1.54) is 11.1 Å². The van der Waals surface area contributed by atoms with Crippen molar-refractivity contribution in [3.63, 3.8) is 0 Å². The van der Waals surface area contributed by atoms with Gasteiger partial charge < -0.3 is 5.32 Å². The molecular formula is C26H24N2O3. The van der Waals surface area contributed by atoms with Crippen molar-refractivity contribution in [3.05, 3.63) is 99.6 Å². The fourth-order valence-corrected chi connectivity index (χ4v) is 4.05. The van der Waals surface area contributed by atoms with E-state index in [9.17, 15) is 14.4 Å². The van der Waals surface area contributed by atoms with Gasteiger partial charge in [0.25, 0.3) is 0 Å². The van der Waals surface area contributed by atoms with Crippen LogP contribution in [0, 0.1) is 13.8 Å². The number of carbonyl (C=O) groups is 3. The summed E-state index contributed by atoms with van der Waals surface area (Å²) in [6.45, 7) is 4.92. The fourth-order valence-electron chi connectivity index (χ4n) is 4.05. The van der Waals surface area contributed by atoms with Crippen molar-refractivity contribution in [2.24, 2.45) is 0 Å². The summed E-state index contributed by atoms with van der Waals surface area (Å²) in [4.78, 5) is 40.6. The summed E-state index contributed by atoms with van der Waals surface area (Å²) in [6.07, 6.45) is 0. The highest BCUT2D eigenvalue weighted by Gasteiger charge is 2.31. The predicted molar refractivity (Wildman–Crippen MR) is 121 cm³/mol. The lowest BCUT2D eigenvalue weighted by molar-refractivity contribution is -0.117. The number of amides is 1. The lowest BCUT2D eigenvalue weighted by atomic mass is 9.83. The summed E-state index contributed by atoms with van der Waals surface area (Å²) < 4.78 is 0. The van der Waals surface area contributed by atoms with Gasteiger partial charge in [0.15, 0.2) is 11.6 Å². The first kappa shape index (κ1) is 20.7. The number of nitrogens with one attached hydrogen (secondary N) is 1. The van der Waals surface area contributed by atoms with Crippen LogP contribution in [0.5, 0.6) is 0 Å². The van der Waals surface area contributed by atoms with Crippen LogP contribution in [0.3, 0.4) is 0 Å². The largest absolute Gasteiger partial charge is 0.324 e. The molecule has 1 amide bonds. The molecule has 1 aliphatic carbocycles. The van der Waals surface area contributed by atoms with Crippen LogP contribution in [0.4, 0.5) is 5.69 Å². The third-order valence-corrected chi connectivity index (χ3v) is 5.58. The van der Waals surface area contributed by atoms with E-state index in [0.29, 0.717) is 28.9 Å². The van der Waals surface area contributed by atoms with Crippen LogP contribution in [0.2, 0.25) is 0 Å². The number of aryl methyl sites for hydroxylation is 2. The van der Waals surface area contributed by atoms with E-state index in [1.54, 1.807) is 42.5 Å². The molecule has 0 aromatic heterocycles. The quantitative estimate of drug-likeness (QED) is 0.535. The van der Waals surface area contributed by atoms with Crippen molar-refractivity contribution in [1.82, 2.24) is 4.90 Å². The summed E-state index contributed by atoms with van der Waals surface area (Å²) in [7, 11) is 1.88. The average Bonchev–Trinajstić information content (AvgIpc) is 2.74. The van der Waals surface area contributed by atoms with Gasteiger partial charge >= 0.3 is 0 Å². The third-order valence-electron chi connectivity index (χ3n) is 5.58. The van der Waals surface area contributed by atoms with Crippen LogP contribution < -0.4 is 5.32 Å². The number of carbonyl (C=O) groups excluding carboxylic acids is 3. The lowest BCUT2D eigenvalue weighted by Crippen LogP contribution is -2.31. The fraction of sp³-hybridized carbons (Fsp3) is 0.192. The minimum absolute atomic E-state index is 0.162. The van der Waals surface area contributed by atoms with Gasteiger partial charge in [0.2, 0.25) is 5.91 Å². The summed E-state index contributed by atoms with van der Waals surface area (Å²) in [5.74, 6) is -0.683. The number of nitrogens with zero attached hydrogens (tertiary/aromatic N) is 1. The SMILES string of the molecule is Cc1ccc(CN(C)CC(=O)Nc2cccc3c2C(=O)c2ccccc2C3=O)c(C)c1. The monoisotopic (exact) mass is 412 g/mol. The number of benzene rings is 3. The molecule has 0 bridgehead atoms. The smallest absolute Gasteiger partial charge is 0.238 e.